The van der Waals surface area contributed by atoms with Crippen molar-refractivity contribution in [2.45, 2.75) is 11.9 Å². The van der Waals surface area contributed by atoms with E-state index < -0.39 is 10.0 Å². The van der Waals surface area contributed by atoms with Gasteiger partial charge in [-0.3, -0.25) is 0 Å². The molecule has 1 aromatic heterocycles. The van der Waals surface area contributed by atoms with E-state index in [9.17, 15) is 8.42 Å². The molecule has 0 atom stereocenters. The van der Waals surface area contributed by atoms with Gasteiger partial charge in [0.15, 0.2) is 11.7 Å². The van der Waals surface area contributed by atoms with Crippen LogP contribution in [0.2, 0.25) is 0 Å². The summed E-state index contributed by atoms with van der Waals surface area (Å²) < 4.78 is 33.6. The number of anilines is 1. The zero-order valence-corrected chi connectivity index (χ0v) is 15.9. The van der Waals surface area contributed by atoms with Gasteiger partial charge in [0, 0.05) is 44.4 Å². The molecule has 7 heteroatoms. The van der Waals surface area contributed by atoms with Crippen LogP contribution in [-0.2, 0) is 10.0 Å². The first-order chi connectivity index (χ1) is 13.1. The average molecular weight is 383 g/mol. The second-order valence-electron chi connectivity index (χ2n) is 6.46. The van der Waals surface area contributed by atoms with E-state index in [4.69, 9.17) is 4.42 Å². The molecule has 3 aromatic rings. The minimum absolute atomic E-state index is 0.000592. The molecule has 0 aliphatic carbocycles. The Morgan fingerprint density at radius 1 is 0.889 bits per heavy atom. The highest BCUT2D eigenvalue weighted by molar-refractivity contribution is 7.89. The van der Waals surface area contributed by atoms with Crippen LogP contribution >= 0.6 is 0 Å². The first-order valence-corrected chi connectivity index (χ1v) is 10.3. The molecule has 0 unspecified atom stereocenters. The molecule has 1 aliphatic rings. The largest absolute Gasteiger partial charge is 0.440 e. The molecule has 0 spiro atoms. The minimum atomic E-state index is -3.72. The molecule has 4 rings (SSSR count). The summed E-state index contributed by atoms with van der Waals surface area (Å²) in [4.78, 5) is 6.39. The molecular formula is C20H21N3O3S. The number of para-hydroxylation sites is 1. The highest BCUT2D eigenvalue weighted by Gasteiger charge is 2.34. The van der Waals surface area contributed by atoms with Crippen LogP contribution in [0.25, 0.3) is 11.3 Å². The highest BCUT2D eigenvalue weighted by Crippen LogP contribution is 2.30. The van der Waals surface area contributed by atoms with Crippen LogP contribution < -0.4 is 4.90 Å². The Bertz CT molecular complexity index is 1010. The summed E-state index contributed by atoms with van der Waals surface area (Å²) in [5.74, 6) is 0.647. The number of hydrogen-bond donors (Lipinski definition) is 0. The Kier molecular flexibility index (Phi) is 4.72. The lowest BCUT2D eigenvalue weighted by Crippen LogP contribution is -2.48. The molecule has 0 N–H and O–H groups in total. The SMILES string of the molecule is Cc1nc(S(=O)(=O)N2CCN(c3ccccc3)CC2)c(-c2ccccc2)o1. The van der Waals surface area contributed by atoms with Crippen molar-refractivity contribution >= 4 is 15.7 Å². The second kappa shape index (κ2) is 7.17. The van der Waals surface area contributed by atoms with E-state index in [1.54, 1.807) is 6.92 Å². The smallest absolute Gasteiger partial charge is 0.264 e. The zero-order chi connectivity index (χ0) is 18.9. The fourth-order valence-corrected chi connectivity index (χ4v) is 4.83. The van der Waals surface area contributed by atoms with Crippen molar-refractivity contribution in [3.8, 4) is 11.3 Å². The first kappa shape index (κ1) is 17.8. The summed E-state index contributed by atoms with van der Waals surface area (Å²) >= 11 is 0. The number of hydrogen-bond acceptors (Lipinski definition) is 5. The van der Waals surface area contributed by atoms with Gasteiger partial charge in [0.25, 0.3) is 10.0 Å². The molecule has 27 heavy (non-hydrogen) atoms. The number of piperazine rings is 1. The Balaban J connectivity index is 1.59. The summed E-state index contributed by atoms with van der Waals surface area (Å²) in [7, 11) is -3.72. The predicted molar refractivity (Wildman–Crippen MR) is 104 cm³/mol. The van der Waals surface area contributed by atoms with Crippen LogP contribution in [0.15, 0.2) is 70.1 Å². The van der Waals surface area contributed by atoms with Gasteiger partial charge >= 0.3 is 0 Å². The van der Waals surface area contributed by atoms with Crippen molar-refractivity contribution in [1.29, 1.82) is 0 Å². The Morgan fingerprint density at radius 2 is 1.48 bits per heavy atom. The molecule has 6 nitrogen and oxygen atoms in total. The van der Waals surface area contributed by atoms with Crippen LogP contribution in [0, 0.1) is 6.92 Å². The number of oxazole rings is 1. The van der Waals surface area contributed by atoms with Gasteiger partial charge in [0.05, 0.1) is 0 Å². The summed E-state index contributed by atoms with van der Waals surface area (Å²) in [6.07, 6.45) is 0. The lowest BCUT2D eigenvalue weighted by Gasteiger charge is -2.35. The molecule has 0 saturated carbocycles. The van der Waals surface area contributed by atoms with Crippen LogP contribution in [-0.4, -0.2) is 43.9 Å². The van der Waals surface area contributed by atoms with Crippen molar-refractivity contribution in [2.75, 3.05) is 31.1 Å². The van der Waals surface area contributed by atoms with Gasteiger partial charge in [0.2, 0.25) is 5.03 Å². The Morgan fingerprint density at radius 3 is 2.11 bits per heavy atom. The summed E-state index contributed by atoms with van der Waals surface area (Å²) in [5.41, 5.74) is 1.82. The van der Waals surface area contributed by atoms with E-state index in [0.29, 0.717) is 43.4 Å². The summed E-state index contributed by atoms with van der Waals surface area (Å²) in [6.45, 7) is 3.77. The van der Waals surface area contributed by atoms with Crippen LogP contribution in [0.5, 0.6) is 0 Å². The summed E-state index contributed by atoms with van der Waals surface area (Å²) in [5, 5.41) is -0.000592. The summed E-state index contributed by atoms with van der Waals surface area (Å²) in [6, 6.07) is 19.3. The fraction of sp³-hybridized carbons (Fsp3) is 0.250. The quantitative estimate of drug-likeness (QED) is 0.692. The van der Waals surface area contributed by atoms with Crippen molar-refractivity contribution in [1.82, 2.24) is 9.29 Å². The lowest BCUT2D eigenvalue weighted by atomic mass is 10.2. The maximum atomic E-state index is 13.2. The number of aromatic nitrogens is 1. The normalized spacial score (nSPS) is 15.8. The first-order valence-electron chi connectivity index (χ1n) is 8.89. The fourth-order valence-electron chi connectivity index (χ4n) is 3.30. The highest BCUT2D eigenvalue weighted by atomic mass is 32.2. The third-order valence-electron chi connectivity index (χ3n) is 4.68. The van der Waals surface area contributed by atoms with Gasteiger partial charge in [-0.2, -0.15) is 4.31 Å². The average Bonchev–Trinajstić information content (AvgIpc) is 3.12. The van der Waals surface area contributed by atoms with E-state index in [1.165, 1.54) is 4.31 Å². The maximum Gasteiger partial charge on any atom is 0.264 e. The molecule has 2 heterocycles. The number of nitrogens with zero attached hydrogens (tertiary/aromatic N) is 3. The minimum Gasteiger partial charge on any atom is -0.440 e. The monoisotopic (exact) mass is 383 g/mol. The molecule has 1 fully saturated rings. The number of rotatable bonds is 4. The molecule has 0 bridgehead atoms. The van der Waals surface area contributed by atoms with Gasteiger partial charge in [0.1, 0.15) is 0 Å². The number of aryl methyl sites for hydroxylation is 1. The number of benzene rings is 2. The second-order valence-corrected chi connectivity index (χ2v) is 8.31. The molecule has 2 aromatic carbocycles. The molecule has 1 saturated heterocycles. The van der Waals surface area contributed by atoms with Gasteiger partial charge < -0.3 is 9.32 Å². The third-order valence-corrected chi connectivity index (χ3v) is 6.49. The van der Waals surface area contributed by atoms with E-state index in [0.717, 1.165) is 5.69 Å². The standard InChI is InChI=1S/C20H21N3O3S/c1-16-21-20(19(26-16)17-8-4-2-5-9-17)27(24,25)23-14-12-22(13-15-23)18-10-6-3-7-11-18/h2-11H,12-15H2,1H3. The molecule has 1 aliphatic heterocycles. The van der Waals surface area contributed by atoms with Crippen LogP contribution in [0.4, 0.5) is 5.69 Å². The van der Waals surface area contributed by atoms with Gasteiger partial charge in [-0.1, -0.05) is 48.5 Å². The maximum absolute atomic E-state index is 13.2. The zero-order valence-electron chi connectivity index (χ0n) is 15.1. The van der Waals surface area contributed by atoms with Gasteiger partial charge in [-0.05, 0) is 12.1 Å². The van der Waals surface area contributed by atoms with Crippen molar-refractivity contribution < 1.29 is 12.8 Å². The third kappa shape index (κ3) is 3.48. The Labute approximate surface area is 159 Å². The molecule has 0 radical (unpaired) electrons. The predicted octanol–water partition coefficient (Wildman–Crippen LogP) is 3.16. The van der Waals surface area contributed by atoms with Crippen LogP contribution in [0.1, 0.15) is 5.89 Å². The lowest BCUT2D eigenvalue weighted by molar-refractivity contribution is 0.383. The van der Waals surface area contributed by atoms with Gasteiger partial charge in [-0.25, -0.2) is 13.4 Å². The van der Waals surface area contributed by atoms with Crippen molar-refractivity contribution in [2.24, 2.45) is 0 Å². The van der Waals surface area contributed by atoms with Crippen molar-refractivity contribution in [3.05, 3.63) is 66.6 Å². The molecule has 140 valence electrons. The van der Waals surface area contributed by atoms with E-state index in [-0.39, 0.29) is 5.03 Å². The molecule has 0 amide bonds. The van der Waals surface area contributed by atoms with E-state index in [2.05, 4.69) is 9.88 Å². The van der Waals surface area contributed by atoms with Crippen molar-refractivity contribution in [3.63, 3.8) is 0 Å². The Hall–Kier alpha value is -2.64. The molecular weight excluding hydrogens is 362 g/mol. The van der Waals surface area contributed by atoms with E-state index in [1.807, 2.05) is 60.7 Å². The number of sulfonamides is 1. The topological polar surface area (TPSA) is 66.7 Å². The van der Waals surface area contributed by atoms with E-state index >= 15 is 0 Å². The van der Waals surface area contributed by atoms with Gasteiger partial charge in [-0.15, -0.1) is 0 Å². The van der Waals surface area contributed by atoms with Crippen LogP contribution in [0.3, 0.4) is 0 Å².